The molecule has 0 spiro atoms. The molecule has 8 heteroatoms. The number of halogens is 2. The van der Waals surface area contributed by atoms with Crippen molar-refractivity contribution in [1.29, 1.82) is 5.41 Å². The molecule has 1 aliphatic rings. The molecule has 31 heavy (non-hydrogen) atoms. The van der Waals surface area contributed by atoms with Crippen LogP contribution in [0, 0.1) is 11.2 Å². The molecule has 4 rings (SSSR count). The number of anilines is 2. The minimum absolute atomic E-state index is 0.174. The van der Waals surface area contributed by atoms with Crippen LogP contribution >= 0.6 is 11.6 Å². The predicted molar refractivity (Wildman–Crippen MR) is 122 cm³/mol. The molecule has 0 amide bonds. The van der Waals surface area contributed by atoms with Crippen LogP contribution in [-0.4, -0.2) is 40.7 Å². The number of hydrogen-bond donors (Lipinski definition) is 3. The summed E-state index contributed by atoms with van der Waals surface area (Å²) in [6.07, 6.45) is 1.59. The van der Waals surface area contributed by atoms with E-state index in [1.165, 1.54) is 6.07 Å². The van der Waals surface area contributed by atoms with Gasteiger partial charge in [0, 0.05) is 42.7 Å². The monoisotopic (exact) mass is 436 g/mol. The maximum absolute atomic E-state index is 14.6. The van der Waals surface area contributed by atoms with Gasteiger partial charge in [0.15, 0.2) is 0 Å². The second-order valence-electron chi connectivity index (χ2n) is 7.37. The molecule has 158 valence electrons. The van der Waals surface area contributed by atoms with Crippen molar-refractivity contribution < 1.29 is 4.39 Å². The summed E-state index contributed by atoms with van der Waals surface area (Å²) in [6.45, 7) is 1.63. The largest absolute Gasteiger partial charge is 0.380 e. The number of likely N-dealkylation sites (tertiary alicyclic amines) is 1. The maximum Gasteiger partial charge on any atom is 0.224 e. The van der Waals surface area contributed by atoms with Crippen LogP contribution in [0.3, 0.4) is 0 Å². The third kappa shape index (κ3) is 5.07. The average Bonchev–Trinajstić information content (AvgIpc) is 3.07. The molecule has 1 saturated heterocycles. The van der Waals surface area contributed by atoms with Crippen LogP contribution in [0.25, 0.3) is 5.70 Å². The standard InChI is InChI=1S/C23H22ClFN6/c1-31-13-18(20(26)14-31)22(17-7-2-3-8-19(17)25)28-12-15-5-4-6-16(11-15)29-21-9-10-27-23(24)30-21/h2-11,26,28H,12-14H2,1H3,(H,27,29,30)/b22-18-,26-20?. The van der Waals surface area contributed by atoms with Crippen LogP contribution in [0.2, 0.25) is 5.28 Å². The number of nitrogens with zero attached hydrogens (tertiary/aromatic N) is 3. The SMILES string of the molecule is CN1CC(=N)/C(=C(\NCc2cccc(Nc3ccnc(Cl)n3)c2)c2ccccc2F)C1. The topological polar surface area (TPSA) is 76.9 Å². The van der Waals surface area contributed by atoms with Gasteiger partial charge in [-0.1, -0.05) is 24.3 Å². The summed E-state index contributed by atoms with van der Waals surface area (Å²) in [5, 5.41) is 15.1. The summed E-state index contributed by atoms with van der Waals surface area (Å²) in [4.78, 5) is 10.1. The second kappa shape index (κ2) is 9.24. The molecule has 1 aliphatic heterocycles. The quantitative estimate of drug-likeness (QED) is 0.497. The van der Waals surface area contributed by atoms with Crippen molar-refractivity contribution in [1.82, 2.24) is 20.2 Å². The van der Waals surface area contributed by atoms with E-state index < -0.39 is 0 Å². The van der Waals surface area contributed by atoms with Gasteiger partial charge in [0.2, 0.25) is 5.28 Å². The molecule has 0 saturated carbocycles. The fraction of sp³-hybridized carbons (Fsp3) is 0.174. The van der Waals surface area contributed by atoms with E-state index in [4.69, 9.17) is 17.0 Å². The molecule has 0 atom stereocenters. The van der Waals surface area contributed by atoms with Gasteiger partial charge in [-0.3, -0.25) is 4.90 Å². The molecule has 0 radical (unpaired) electrons. The number of aromatic nitrogens is 2. The Morgan fingerprint density at radius 3 is 2.74 bits per heavy atom. The van der Waals surface area contributed by atoms with Gasteiger partial charge in [-0.2, -0.15) is 0 Å². The van der Waals surface area contributed by atoms with Crippen molar-refractivity contribution in [2.75, 3.05) is 25.5 Å². The van der Waals surface area contributed by atoms with Crippen LogP contribution in [-0.2, 0) is 6.54 Å². The zero-order valence-corrected chi connectivity index (χ0v) is 17.7. The molecular weight excluding hydrogens is 415 g/mol. The van der Waals surface area contributed by atoms with E-state index >= 15 is 0 Å². The van der Waals surface area contributed by atoms with Crippen LogP contribution in [0.4, 0.5) is 15.9 Å². The minimum Gasteiger partial charge on any atom is -0.380 e. The second-order valence-corrected chi connectivity index (χ2v) is 7.71. The van der Waals surface area contributed by atoms with Gasteiger partial charge < -0.3 is 16.0 Å². The first kappa shape index (κ1) is 21.0. The van der Waals surface area contributed by atoms with Crippen molar-refractivity contribution in [2.45, 2.75) is 6.54 Å². The molecule has 0 unspecified atom stereocenters. The van der Waals surface area contributed by atoms with Gasteiger partial charge in [-0.15, -0.1) is 0 Å². The number of likely N-dealkylation sites (N-methyl/N-ethyl adjacent to an activating group) is 1. The Bertz CT molecular complexity index is 1150. The summed E-state index contributed by atoms with van der Waals surface area (Å²) < 4.78 is 14.6. The lowest BCUT2D eigenvalue weighted by molar-refractivity contribution is 0.444. The lowest BCUT2D eigenvalue weighted by Crippen LogP contribution is -2.18. The first-order valence-electron chi connectivity index (χ1n) is 9.82. The first-order chi connectivity index (χ1) is 15.0. The smallest absolute Gasteiger partial charge is 0.224 e. The molecule has 2 heterocycles. The zero-order chi connectivity index (χ0) is 21.8. The Labute approximate surface area is 185 Å². The highest BCUT2D eigenvalue weighted by Crippen LogP contribution is 2.25. The van der Waals surface area contributed by atoms with E-state index in [0.29, 0.717) is 42.4 Å². The Kier molecular flexibility index (Phi) is 6.25. The summed E-state index contributed by atoms with van der Waals surface area (Å²) in [5.74, 6) is 0.289. The highest BCUT2D eigenvalue weighted by atomic mass is 35.5. The molecule has 6 nitrogen and oxygen atoms in total. The zero-order valence-electron chi connectivity index (χ0n) is 17.0. The van der Waals surface area contributed by atoms with Crippen molar-refractivity contribution in [3.8, 4) is 0 Å². The summed E-state index contributed by atoms with van der Waals surface area (Å²) in [7, 11) is 1.95. The molecule has 3 aromatic rings. The van der Waals surface area contributed by atoms with Crippen molar-refractivity contribution in [3.63, 3.8) is 0 Å². The van der Waals surface area contributed by atoms with Crippen LogP contribution in [0.1, 0.15) is 11.1 Å². The molecule has 0 bridgehead atoms. The van der Waals surface area contributed by atoms with Gasteiger partial charge in [0.25, 0.3) is 0 Å². The fourth-order valence-corrected chi connectivity index (χ4v) is 3.69. The Balaban J connectivity index is 1.57. The van der Waals surface area contributed by atoms with Crippen LogP contribution in [0.5, 0.6) is 0 Å². The van der Waals surface area contributed by atoms with Gasteiger partial charge >= 0.3 is 0 Å². The van der Waals surface area contributed by atoms with E-state index in [1.54, 1.807) is 30.5 Å². The maximum atomic E-state index is 14.6. The van der Waals surface area contributed by atoms with Crippen molar-refractivity contribution in [3.05, 3.63) is 88.6 Å². The Hall–Kier alpha value is -3.29. The van der Waals surface area contributed by atoms with Gasteiger partial charge in [-0.25, -0.2) is 14.4 Å². The first-order valence-corrected chi connectivity index (χ1v) is 10.2. The number of rotatable bonds is 6. The minimum atomic E-state index is -0.309. The van der Waals surface area contributed by atoms with Crippen molar-refractivity contribution >= 4 is 34.5 Å². The summed E-state index contributed by atoms with van der Waals surface area (Å²) in [6, 6.07) is 16.2. The van der Waals surface area contributed by atoms with Crippen LogP contribution in [0.15, 0.2) is 66.4 Å². The number of nitrogens with one attached hydrogen (secondary N) is 3. The molecule has 0 aliphatic carbocycles. The fourth-order valence-electron chi connectivity index (χ4n) is 3.55. The van der Waals surface area contributed by atoms with Crippen molar-refractivity contribution in [2.24, 2.45) is 0 Å². The molecule has 1 aromatic heterocycles. The third-order valence-electron chi connectivity index (χ3n) is 4.96. The van der Waals surface area contributed by atoms with E-state index in [-0.39, 0.29) is 11.1 Å². The van der Waals surface area contributed by atoms with Gasteiger partial charge in [0.05, 0.1) is 11.4 Å². The highest BCUT2D eigenvalue weighted by molar-refractivity contribution is 6.28. The van der Waals surface area contributed by atoms with Gasteiger partial charge in [0.1, 0.15) is 11.6 Å². The lowest BCUT2D eigenvalue weighted by atomic mass is 10.0. The Morgan fingerprint density at radius 2 is 2.00 bits per heavy atom. The molecule has 3 N–H and O–H groups in total. The Morgan fingerprint density at radius 1 is 1.16 bits per heavy atom. The highest BCUT2D eigenvalue weighted by Gasteiger charge is 2.24. The normalized spacial score (nSPS) is 15.8. The summed E-state index contributed by atoms with van der Waals surface area (Å²) in [5.41, 5.74) is 4.30. The van der Waals surface area contributed by atoms with E-state index in [0.717, 1.165) is 16.8 Å². The van der Waals surface area contributed by atoms with E-state index in [2.05, 4.69) is 20.6 Å². The number of hydrogen-bond acceptors (Lipinski definition) is 6. The van der Waals surface area contributed by atoms with Crippen LogP contribution < -0.4 is 10.6 Å². The molecular formula is C23H22ClFN6. The third-order valence-corrected chi connectivity index (χ3v) is 5.14. The lowest BCUT2D eigenvalue weighted by Gasteiger charge is -2.16. The van der Waals surface area contributed by atoms with E-state index in [1.807, 2.05) is 36.2 Å². The predicted octanol–water partition coefficient (Wildman–Crippen LogP) is 4.48. The van der Waals surface area contributed by atoms with E-state index in [9.17, 15) is 4.39 Å². The summed E-state index contributed by atoms with van der Waals surface area (Å²) >= 11 is 5.85. The number of benzene rings is 2. The van der Waals surface area contributed by atoms with Gasteiger partial charge in [-0.05, 0) is 54.5 Å². The average molecular weight is 437 g/mol. The molecule has 1 fully saturated rings. The molecule has 2 aromatic carbocycles.